The molecule has 1 amide bonds. The molecule has 0 heterocycles. The SMILES string of the molecule is C/C(=N\NC(=O)C(C)Oc1ccc(C)c(C)c1)C1CC1. The number of hydrazone groups is 1. The van der Waals surface area contributed by atoms with Crippen LogP contribution in [-0.2, 0) is 4.79 Å². The van der Waals surface area contributed by atoms with Gasteiger partial charge in [0.25, 0.3) is 5.91 Å². The molecule has 0 bridgehead atoms. The van der Waals surface area contributed by atoms with E-state index in [0.29, 0.717) is 11.7 Å². The van der Waals surface area contributed by atoms with Gasteiger partial charge in [0.15, 0.2) is 6.10 Å². The Morgan fingerprint density at radius 1 is 1.35 bits per heavy atom. The summed E-state index contributed by atoms with van der Waals surface area (Å²) in [5.41, 5.74) is 5.93. The normalized spacial score (nSPS) is 16.7. The molecule has 0 aliphatic heterocycles. The van der Waals surface area contributed by atoms with E-state index in [9.17, 15) is 4.79 Å². The number of nitrogens with one attached hydrogen (secondary N) is 1. The maximum Gasteiger partial charge on any atom is 0.280 e. The second kappa shape index (κ2) is 6.07. The minimum Gasteiger partial charge on any atom is -0.481 e. The standard InChI is InChI=1S/C16H22N2O2/c1-10-5-8-15(9-11(10)2)20-13(4)16(19)18-17-12(3)14-6-7-14/h5,8-9,13-14H,6-7H2,1-4H3,(H,18,19)/b17-12+. The number of hydrogen-bond acceptors (Lipinski definition) is 3. The van der Waals surface area contributed by atoms with Gasteiger partial charge in [-0.15, -0.1) is 0 Å². The molecule has 1 aliphatic carbocycles. The Morgan fingerprint density at radius 2 is 2.05 bits per heavy atom. The Hall–Kier alpha value is -1.84. The monoisotopic (exact) mass is 274 g/mol. The summed E-state index contributed by atoms with van der Waals surface area (Å²) in [7, 11) is 0. The number of benzene rings is 1. The van der Waals surface area contributed by atoms with Crippen molar-refractivity contribution in [1.82, 2.24) is 5.43 Å². The Morgan fingerprint density at radius 3 is 2.65 bits per heavy atom. The van der Waals surface area contributed by atoms with Gasteiger partial charge >= 0.3 is 0 Å². The van der Waals surface area contributed by atoms with Gasteiger partial charge in [-0.1, -0.05) is 6.07 Å². The lowest BCUT2D eigenvalue weighted by atomic mass is 10.1. The molecule has 0 radical (unpaired) electrons. The first-order valence-electron chi connectivity index (χ1n) is 7.05. The maximum absolute atomic E-state index is 11.9. The van der Waals surface area contributed by atoms with E-state index in [4.69, 9.17) is 4.74 Å². The first-order valence-corrected chi connectivity index (χ1v) is 7.05. The molecule has 0 saturated heterocycles. The Balaban J connectivity index is 1.89. The minimum absolute atomic E-state index is 0.219. The van der Waals surface area contributed by atoms with Crippen LogP contribution in [0.4, 0.5) is 0 Å². The lowest BCUT2D eigenvalue weighted by Gasteiger charge is -2.14. The van der Waals surface area contributed by atoms with Crippen molar-refractivity contribution in [3.63, 3.8) is 0 Å². The van der Waals surface area contributed by atoms with Crippen LogP contribution < -0.4 is 10.2 Å². The number of aryl methyl sites for hydroxylation is 2. The van der Waals surface area contributed by atoms with Crippen molar-refractivity contribution in [1.29, 1.82) is 0 Å². The van der Waals surface area contributed by atoms with E-state index in [2.05, 4.69) is 10.5 Å². The molecule has 1 unspecified atom stereocenters. The Bertz CT molecular complexity index is 533. The summed E-state index contributed by atoms with van der Waals surface area (Å²) in [6.07, 6.45) is 1.80. The molecular weight excluding hydrogens is 252 g/mol. The number of carbonyl (C=O) groups excluding carboxylic acids is 1. The average Bonchev–Trinajstić information content (AvgIpc) is 3.24. The summed E-state index contributed by atoms with van der Waals surface area (Å²) in [6.45, 7) is 7.75. The van der Waals surface area contributed by atoms with E-state index in [1.165, 1.54) is 18.4 Å². The number of nitrogens with zero attached hydrogens (tertiary/aromatic N) is 1. The third kappa shape index (κ3) is 3.83. The topological polar surface area (TPSA) is 50.7 Å². The predicted octanol–water partition coefficient (Wildman–Crippen LogP) is 2.97. The van der Waals surface area contributed by atoms with E-state index < -0.39 is 6.10 Å². The van der Waals surface area contributed by atoms with Gasteiger partial charge in [-0.2, -0.15) is 5.10 Å². The van der Waals surface area contributed by atoms with Crippen LogP contribution in [0.2, 0.25) is 0 Å². The van der Waals surface area contributed by atoms with Crippen LogP contribution in [-0.4, -0.2) is 17.7 Å². The zero-order valence-electron chi connectivity index (χ0n) is 12.6. The number of hydrogen-bond donors (Lipinski definition) is 1. The van der Waals surface area contributed by atoms with Crippen molar-refractivity contribution in [2.24, 2.45) is 11.0 Å². The molecule has 0 aromatic heterocycles. The van der Waals surface area contributed by atoms with Gasteiger partial charge < -0.3 is 4.74 Å². The van der Waals surface area contributed by atoms with Crippen LogP contribution in [0.1, 0.15) is 37.8 Å². The first kappa shape index (κ1) is 14.6. The second-order valence-corrected chi connectivity index (χ2v) is 5.51. The van der Waals surface area contributed by atoms with Crippen LogP contribution >= 0.6 is 0 Å². The quantitative estimate of drug-likeness (QED) is 0.663. The predicted molar refractivity (Wildman–Crippen MR) is 80.0 cm³/mol. The molecule has 0 spiro atoms. The third-order valence-corrected chi connectivity index (χ3v) is 3.67. The van der Waals surface area contributed by atoms with Gasteiger partial charge in [0, 0.05) is 5.71 Å². The number of amides is 1. The number of rotatable bonds is 5. The summed E-state index contributed by atoms with van der Waals surface area (Å²) >= 11 is 0. The molecule has 4 heteroatoms. The molecule has 1 aromatic rings. The van der Waals surface area contributed by atoms with Crippen molar-refractivity contribution in [3.05, 3.63) is 29.3 Å². The summed E-state index contributed by atoms with van der Waals surface area (Å²) in [4.78, 5) is 11.9. The smallest absolute Gasteiger partial charge is 0.280 e. The van der Waals surface area contributed by atoms with Gasteiger partial charge in [-0.25, -0.2) is 5.43 Å². The molecule has 4 nitrogen and oxygen atoms in total. The van der Waals surface area contributed by atoms with E-state index in [-0.39, 0.29) is 5.91 Å². The largest absolute Gasteiger partial charge is 0.481 e. The maximum atomic E-state index is 11.9. The van der Waals surface area contributed by atoms with E-state index >= 15 is 0 Å². The minimum atomic E-state index is -0.562. The van der Waals surface area contributed by atoms with Crippen molar-refractivity contribution >= 4 is 11.6 Å². The molecule has 1 aromatic carbocycles. The van der Waals surface area contributed by atoms with Gasteiger partial charge in [0.1, 0.15) is 5.75 Å². The lowest BCUT2D eigenvalue weighted by molar-refractivity contribution is -0.127. The van der Waals surface area contributed by atoms with Gasteiger partial charge in [0.2, 0.25) is 0 Å². The highest BCUT2D eigenvalue weighted by Gasteiger charge is 2.25. The zero-order valence-corrected chi connectivity index (χ0v) is 12.6. The Labute approximate surface area is 120 Å². The van der Waals surface area contributed by atoms with Gasteiger partial charge in [-0.05, 0) is 69.7 Å². The Kier molecular flexibility index (Phi) is 4.42. The molecule has 108 valence electrons. The second-order valence-electron chi connectivity index (χ2n) is 5.51. The highest BCUT2D eigenvalue weighted by molar-refractivity contribution is 5.88. The summed E-state index contributed by atoms with van der Waals surface area (Å²) in [5, 5.41) is 4.12. The summed E-state index contributed by atoms with van der Waals surface area (Å²) in [5.74, 6) is 1.05. The van der Waals surface area contributed by atoms with E-state index in [1.54, 1.807) is 6.92 Å². The van der Waals surface area contributed by atoms with Crippen molar-refractivity contribution in [2.45, 2.75) is 46.6 Å². The molecule has 1 fully saturated rings. The van der Waals surface area contributed by atoms with Crippen LogP contribution in [0.5, 0.6) is 5.75 Å². The van der Waals surface area contributed by atoms with E-state index in [1.807, 2.05) is 39.0 Å². The number of carbonyl (C=O) groups is 1. The lowest BCUT2D eigenvalue weighted by Crippen LogP contribution is -2.34. The van der Waals surface area contributed by atoms with Gasteiger partial charge in [0.05, 0.1) is 0 Å². The van der Waals surface area contributed by atoms with E-state index in [0.717, 1.165) is 11.3 Å². The fourth-order valence-electron chi connectivity index (χ4n) is 1.87. The first-order chi connectivity index (χ1) is 9.47. The van der Waals surface area contributed by atoms with Crippen molar-refractivity contribution in [2.75, 3.05) is 0 Å². The fraction of sp³-hybridized carbons (Fsp3) is 0.500. The van der Waals surface area contributed by atoms with Crippen LogP contribution in [0.3, 0.4) is 0 Å². The molecule has 1 atom stereocenters. The molecule has 1 N–H and O–H groups in total. The van der Waals surface area contributed by atoms with Crippen LogP contribution in [0, 0.1) is 19.8 Å². The molecule has 2 rings (SSSR count). The summed E-state index contributed by atoms with van der Waals surface area (Å²) < 4.78 is 5.64. The van der Waals surface area contributed by atoms with Crippen molar-refractivity contribution < 1.29 is 9.53 Å². The molecule has 1 saturated carbocycles. The van der Waals surface area contributed by atoms with Crippen LogP contribution in [0.25, 0.3) is 0 Å². The molecule has 20 heavy (non-hydrogen) atoms. The highest BCUT2D eigenvalue weighted by atomic mass is 16.5. The average molecular weight is 274 g/mol. The highest BCUT2D eigenvalue weighted by Crippen LogP contribution is 2.30. The summed E-state index contributed by atoms with van der Waals surface area (Å²) in [6, 6.07) is 5.81. The van der Waals surface area contributed by atoms with Gasteiger partial charge in [-0.3, -0.25) is 4.79 Å². The zero-order chi connectivity index (χ0) is 14.7. The molecule has 1 aliphatic rings. The molecular formula is C16H22N2O2. The van der Waals surface area contributed by atoms with Crippen molar-refractivity contribution in [3.8, 4) is 5.75 Å². The fourth-order valence-corrected chi connectivity index (χ4v) is 1.87. The van der Waals surface area contributed by atoms with Crippen LogP contribution in [0.15, 0.2) is 23.3 Å². The number of ether oxygens (including phenoxy) is 1. The third-order valence-electron chi connectivity index (χ3n) is 3.67.